The van der Waals surface area contributed by atoms with E-state index in [0.29, 0.717) is 27.7 Å². The molecule has 1 amide bonds. The van der Waals surface area contributed by atoms with Crippen molar-refractivity contribution in [3.05, 3.63) is 83.0 Å². The molecule has 2 aromatic carbocycles. The molecule has 0 aliphatic rings. The average Bonchev–Trinajstić information content (AvgIpc) is 3.27. The lowest BCUT2D eigenvalue weighted by Crippen LogP contribution is -2.23. The van der Waals surface area contributed by atoms with Crippen LogP contribution in [0.3, 0.4) is 0 Å². The van der Waals surface area contributed by atoms with Gasteiger partial charge in [-0.1, -0.05) is 18.2 Å². The van der Waals surface area contributed by atoms with Crippen molar-refractivity contribution in [2.75, 3.05) is 14.1 Å². The van der Waals surface area contributed by atoms with E-state index in [0.717, 1.165) is 20.5 Å². The molecule has 1 N–H and O–H groups in total. The Bertz CT molecular complexity index is 1400. The summed E-state index contributed by atoms with van der Waals surface area (Å²) in [6.45, 7) is 0.189. The molecule has 0 saturated heterocycles. The van der Waals surface area contributed by atoms with Gasteiger partial charge < -0.3 is 5.32 Å². The molecule has 0 radical (unpaired) electrons. The van der Waals surface area contributed by atoms with Crippen LogP contribution in [-0.4, -0.2) is 37.7 Å². The summed E-state index contributed by atoms with van der Waals surface area (Å²) in [6, 6.07) is 18.1. The number of para-hydroxylation sites is 1. The zero-order valence-corrected chi connectivity index (χ0v) is 19.0. The van der Waals surface area contributed by atoms with Crippen molar-refractivity contribution in [1.82, 2.24) is 14.6 Å². The van der Waals surface area contributed by atoms with E-state index >= 15 is 0 Å². The summed E-state index contributed by atoms with van der Waals surface area (Å²) in [5.74, 6) is -0.656. The number of rotatable bonds is 6. The number of hydrogen-bond donors (Lipinski definition) is 1. The fourth-order valence-electron chi connectivity index (χ4n) is 3.17. The number of pyridine rings is 1. The molecular formula is C23H20FN3O3S2. The fraction of sp³-hybridized carbons (Fsp3) is 0.130. The minimum absolute atomic E-state index is 0.189. The van der Waals surface area contributed by atoms with Gasteiger partial charge in [0.2, 0.25) is 0 Å². The maximum absolute atomic E-state index is 13.3. The fourth-order valence-corrected chi connectivity index (χ4v) is 5.63. The van der Waals surface area contributed by atoms with Crippen LogP contribution in [0.2, 0.25) is 0 Å². The summed E-state index contributed by atoms with van der Waals surface area (Å²) in [5, 5.41) is 3.56. The summed E-state index contributed by atoms with van der Waals surface area (Å²) in [4.78, 5) is 18.4. The van der Waals surface area contributed by atoms with E-state index in [2.05, 4.69) is 10.3 Å². The van der Waals surface area contributed by atoms with Crippen molar-refractivity contribution >= 4 is 38.2 Å². The van der Waals surface area contributed by atoms with Gasteiger partial charge in [-0.05, 0) is 48.5 Å². The number of amides is 1. The number of carbonyl (C=O) groups excluding carboxylic acids is 1. The Balaban J connectivity index is 1.62. The van der Waals surface area contributed by atoms with Crippen molar-refractivity contribution in [2.45, 2.75) is 10.8 Å². The van der Waals surface area contributed by atoms with E-state index in [1.807, 2.05) is 24.3 Å². The summed E-state index contributed by atoms with van der Waals surface area (Å²) in [6.07, 6.45) is 0. The van der Waals surface area contributed by atoms with Crippen LogP contribution in [0.1, 0.15) is 15.2 Å². The Morgan fingerprint density at radius 2 is 1.78 bits per heavy atom. The van der Waals surface area contributed by atoms with Crippen LogP contribution in [-0.2, 0) is 16.6 Å². The molecule has 4 aromatic rings. The molecule has 32 heavy (non-hydrogen) atoms. The molecule has 0 bridgehead atoms. The third kappa shape index (κ3) is 4.40. The third-order valence-corrected chi connectivity index (χ3v) is 8.26. The zero-order valence-electron chi connectivity index (χ0n) is 17.4. The van der Waals surface area contributed by atoms with Crippen molar-refractivity contribution < 1.29 is 17.6 Å². The monoisotopic (exact) mass is 469 g/mol. The molecule has 0 saturated carbocycles. The first kappa shape index (κ1) is 22.1. The Hall–Kier alpha value is -3.14. The Labute approximate surface area is 189 Å². The standard InChI is InChI=1S/C23H20FN3O3S2/c1-27(2)32(29,30)22-12-11-17(31-22)14-25-23(28)19-13-21(15-7-9-16(24)10-8-15)26-20-6-4-3-5-18(19)20/h3-13H,14H2,1-2H3,(H,25,28). The van der Waals surface area contributed by atoms with Crippen LogP contribution >= 0.6 is 11.3 Å². The minimum Gasteiger partial charge on any atom is -0.347 e. The number of carbonyl (C=O) groups is 1. The summed E-state index contributed by atoms with van der Waals surface area (Å²) >= 11 is 1.12. The Morgan fingerprint density at radius 1 is 1.06 bits per heavy atom. The first-order valence-corrected chi connectivity index (χ1v) is 12.0. The van der Waals surface area contributed by atoms with Gasteiger partial charge in [-0.3, -0.25) is 4.79 Å². The molecule has 0 aliphatic carbocycles. The van der Waals surface area contributed by atoms with Gasteiger partial charge in [-0.2, -0.15) is 0 Å². The number of nitrogens with zero attached hydrogens (tertiary/aromatic N) is 2. The highest BCUT2D eigenvalue weighted by molar-refractivity contribution is 7.91. The Kier molecular flexibility index (Phi) is 6.05. The van der Waals surface area contributed by atoms with Crippen LogP contribution in [0.5, 0.6) is 0 Å². The van der Waals surface area contributed by atoms with Gasteiger partial charge in [0, 0.05) is 29.9 Å². The number of halogens is 1. The predicted molar refractivity (Wildman–Crippen MR) is 123 cm³/mol. The smallest absolute Gasteiger partial charge is 0.252 e. The van der Waals surface area contributed by atoms with Gasteiger partial charge in [0.15, 0.2) is 0 Å². The zero-order chi connectivity index (χ0) is 22.9. The molecule has 9 heteroatoms. The normalized spacial score (nSPS) is 11.8. The van der Waals surface area contributed by atoms with E-state index in [-0.39, 0.29) is 22.5 Å². The molecule has 2 heterocycles. The molecule has 6 nitrogen and oxygen atoms in total. The van der Waals surface area contributed by atoms with E-state index in [4.69, 9.17) is 0 Å². The van der Waals surface area contributed by atoms with Gasteiger partial charge in [0.1, 0.15) is 10.0 Å². The van der Waals surface area contributed by atoms with Gasteiger partial charge in [-0.25, -0.2) is 22.1 Å². The van der Waals surface area contributed by atoms with Crippen molar-refractivity contribution in [1.29, 1.82) is 0 Å². The lowest BCUT2D eigenvalue weighted by molar-refractivity contribution is 0.0953. The number of sulfonamides is 1. The number of benzene rings is 2. The molecule has 2 aromatic heterocycles. The summed E-state index contributed by atoms with van der Waals surface area (Å²) < 4.78 is 39.2. The van der Waals surface area contributed by atoms with E-state index in [9.17, 15) is 17.6 Å². The van der Waals surface area contributed by atoms with Crippen LogP contribution in [0, 0.1) is 5.82 Å². The molecular weight excluding hydrogens is 449 g/mol. The first-order valence-electron chi connectivity index (χ1n) is 9.71. The molecule has 4 rings (SSSR count). The molecule has 0 unspecified atom stereocenters. The number of nitrogens with one attached hydrogen (secondary N) is 1. The van der Waals surface area contributed by atoms with Gasteiger partial charge in [0.05, 0.1) is 23.3 Å². The highest BCUT2D eigenvalue weighted by Gasteiger charge is 2.20. The average molecular weight is 470 g/mol. The maximum Gasteiger partial charge on any atom is 0.252 e. The number of hydrogen-bond acceptors (Lipinski definition) is 5. The molecule has 0 atom stereocenters. The van der Waals surface area contributed by atoms with Crippen molar-refractivity contribution in [3.63, 3.8) is 0 Å². The molecule has 164 valence electrons. The highest BCUT2D eigenvalue weighted by Crippen LogP contribution is 2.26. The lowest BCUT2D eigenvalue weighted by Gasteiger charge is -2.10. The number of thiophene rings is 1. The highest BCUT2D eigenvalue weighted by atomic mass is 32.2. The second-order valence-corrected chi connectivity index (χ2v) is 10.8. The first-order chi connectivity index (χ1) is 15.3. The van der Waals surface area contributed by atoms with Crippen molar-refractivity contribution in [3.8, 4) is 11.3 Å². The van der Waals surface area contributed by atoms with E-state index in [1.54, 1.807) is 24.3 Å². The van der Waals surface area contributed by atoms with Crippen molar-refractivity contribution in [2.24, 2.45) is 0 Å². The van der Waals surface area contributed by atoms with E-state index in [1.165, 1.54) is 32.3 Å². The minimum atomic E-state index is -3.51. The predicted octanol–water partition coefficient (Wildman–Crippen LogP) is 4.28. The second kappa shape index (κ2) is 8.78. The van der Waals surface area contributed by atoms with Gasteiger partial charge in [0.25, 0.3) is 15.9 Å². The third-order valence-electron chi connectivity index (χ3n) is 4.90. The van der Waals surface area contributed by atoms with Crippen LogP contribution in [0.4, 0.5) is 4.39 Å². The molecule has 0 aliphatic heterocycles. The van der Waals surface area contributed by atoms with Gasteiger partial charge in [-0.15, -0.1) is 11.3 Å². The van der Waals surface area contributed by atoms with Crippen LogP contribution in [0.25, 0.3) is 22.2 Å². The topological polar surface area (TPSA) is 79.4 Å². The Morgan fingerprint density at radius 3 is 2.50 bits per heavy atom. The maximum atomic E-state index is 13.3. The quantitative estimate of drug-likeness (QED) is 0.457. The summed E-state index contributed by atoms with van der Waals surface area (Å²) in [7, 11) is -0.559. The molecule has 0 fully saturated rings. The van der Waals surface area contributed by atoms with Crippen LogP contribution < -0.4 is 5.32 Å². The largest absolute Gasteiger partial charge is 0.347 e. The van der Waals surface area contributed by atoms with Crippen LogP contribution in [0.15, 0.2) is 70.9 Å². The SMILES string of the molecule is CN(C)S(=O)(=O)c1ccc(CNC(=O)c2cc(-c3ccc(F)cc3)nc3ccccc23)s1. The number of fused-ring (bicyclic) bond motifs is 1. The number of aromatic nitrogens is 1. The molecule has 0 spiro atoms. The summed E-state index contributed by atoms with van der Waals surface area (Å²) in [5.41, 5.74) is 2.34. The van der Waals surface area contributed by atoms with Gasteiger partial charge >= 0.3 is 0 Å². The van der Waals surface area contributed by atoms with E-state index < -0.39 is 10.0 Å². The second-order valence-electron chi connectivity index (χ2n) is 7.27. The lowest BCUT2D eigenvalue weighted by atomic mass is 10.0.